The van der Waals surface area contributed by atoms with E-state index in [9.17, 15) is 8.42 Å². The minimum Gasteiger partial charge on any atom is -0.399 e. The van der Waals surface area contributed by atoms with Gasteiger partial charge in [0.2, 0.25) is 0 Å². The summed E-state index contributed by atoms with van der Waals surface area (Å²) in [4.78, 5) is 1.31. The van der Waals surface area contributed by atoms with Gasteiger partial charge in [-0.1, -0.05) is 11.6 Å². The summed E-state index contributed by atoms with van der Waals surface area (Å²) in [6.07, 6.45) is 0. The van der Waals surface area contributed by atoms with Crippen molar-refractivity contribution in [2.75, 3.05) is 17.2 Å². The van der Waals surface area contributed by atoms with Crippen LogP contribution in [0.3, 0.4) is 0 Å². The maximum atomic E-state index is 12.1. The van der Waals surface area contributed by atoms with Gasteiger partial charge in [0.25, 0.3) is 0 Å². The third-order valence-electron chi connectivity index (χ3n) is 2.67. The summed E-state index contributed by atoms with van der Waals surface area (Å²) in [5, 5.41) is 0.528. The number of thioether (sulfide) groups is 1. The molecular formula is C14H14ClNO2S2. The van der Waals surface area contributed by atoms with Gasteiger partial charge in [0.05, 0.1) is 10.6 Å². The number of nitrogens with two attached hydrogens (primary N) is 1. The second-order valence-electron chi connectivity index (χ2n) is 4.19. The van der Waals surface area contributed by atoms with Gasteiger partial charge in [-0.3, -0.25) is 0 Å². The van der Waals surface area contributed by atoms with Gasteiger partial charge >= 0.3 is 0 Å². The molecule has 0 aliphatic heterocycles. The van der Waals surface area contributed by atoms with Crippen molar-refractivity contribution < 1.29 is 8.42 Å². The Morgan fingerprint density at radius 3 is 2.20 bits per heavy atom. The Morgan fingerprint density at radius 1 is 1.00 bits per heavy atom. The molecule has 0 saturated carbocycles. The zero-order valence-electron chi connectivity index (χ0n) is 10.6. The van der Waals surface area contributed by atoms with E-state index in [1.54, 1.807) is 24.3 Å². The number of hydrogen-bond donors (Lipinski definition) is 1. The van der Waals surface area contributed by atoms with Gasteiger partial charge in [-0.05, 0) is 48.5 Å². The second-order valence-corrected chi connectivity index (χ2v) is 7.90. The summed E-state index contributed by atoms with van der Waals surface area (Å²) in [7, 11) is -3.26. The number of benzene rings is 2. The summed E-state index contributed by atoms with van der Waals surface area (Å²) in [6, 6.07) is 13.6. The number of halogens is 1. The topological polar surface area (TPSA) is 60.2 Å². The van der Waals surface area contributed by atoms with E-state index in [4.69, 9.17) is 17.3 Å². The molecular weight excluding hydrogens is 314 g/mol. The average molecular weight is 328 g/mol. The lowest BCUT2D eigenvalue weighted by molar-refractivity contribution is 0.597. The molecule has 0 unspecified atom stereocenters. The van der Waals surface area contributed by atoms with Gasteiger partial charge in [-0.2, -0.15) is 0 Å². The van der Waals surface area contributed by atoms with Gasteiger partial charge in [-0.25, -0.2) is 8.42 Å². The summed E-state index contributed by atoms with van der Waals surface area (Å²) >= 11 is 7.24. The first-order valence-electron chi connectivity index (χ1n) is 5.94. The van der Waals surface area contributed by atoms with Crippen molar-refractivity contribution in [2.45, 2.75) is 9.79 Å². The van der Waals surface area contributed by atoms with Crippen LogP contribution in [0, 0.1) is 0 Å². The normalized spacial score (nSPS) is 11.4. The van der Waals surface area contributed by atoms with Gasteiger partial charge < -0.3 is 5.73 Å². The van der Waals surface area contributed by atoms with Crippen molar-refractivity contribution >= 4 is 38.9 Å². The van der Waals surface area contributed by atoms with Gasteiger partial charge in [0.1, 0.15) is 0 Å². The third-order valence-corrected chi connectivity index (χ3v) is 5.93. The molecule has 6 heteroatoms. The third kappa shape index (κ3) is 4.16. The molecule has 20 heavy (non-hydrogen) atoms. The molecule has 0 saturated heterocycles. The van der Waals surface area contributed by atoms with E-state index in [1.165, 1.54) is 23.9 Å². The van der Waals surface area contributed by atoms with Crippen molar-refractivity contribution in [1.29, 1.82) is 0 Å². The van der Waals surface area contributed by atoms with Crippen LogP contribution in [0.2, 0.25) is 5.02 Å². The minimum absolute atomic E-state index is 0.0870. The van der Waals surface area contributed by atoms with Crippen molar-refractivity contribution in [2.24, 2.45) is 0 Å². The van der Waals surface area contributed by atoms with Crippen LogP contribution in [0.25, 0.3) is 0 Å². The highest BCUT2D eigenvalue weighted by Crippen LogP contribution is 2.21. The Balaban J connectivity index is 1.96. The lowest BCUT2D eigenvalue weighted by Gasteiger charge is -2.05. The largest absolute Gasteiger partial charge is 0.399 e. The SMILES string of the molecule is Nc1ccc(SCCS(=O)(=O)c2ccc(Cl)cc2)cc1. The molecule has 0 fully saturated rings. The van der Waals surface area contributed by atoms with E-state index >= 15 is 0 Å². The molecule has 2 aromatic rings. The van der Waals surface area contributed by atoms with Crippen molar-refractivity contribution in [1.82, 2.24) is 0 Å². The van der Waals surface area contributed by atoms with Crippen LogP contribution in [-0.4, -0.2) is 19.9 Å². The van der Waals surface area contributed by atoms with Crippen LogP contribution in [0.4, 0.5) is 5.69 Å². The maximum Gasteiger partial charge on any atom is 0.179 e. The standard InChI is InChI=1S/C14H14ClNO2S2/c15-11-1-7-14(8-2-11)20(17,18)10-9-19-13-5-3-12(16)4-6-13/h1-8H,9-10,16H2. The van der Waals surface area contributed by atoms with E-state index < -0.39 is 9.84 Å². The predicted molar refractivity (Wildman–Crippen MR) is 85.1 cm³/mol. The van der Waals surface area contributed by atoms with Crippen LogP contribution < -0.4 is 5.73 Å². The van der Waals surface area contributed by atoms with Gasteiger partial charge in [0.15, 0.2) is 9.84 Å². The van der Waals surface area contributed by atoms with E-state index in [2.05, 4.69) is 0 Å². The number of rotatable bonds is 5. The minimum atomic E-state index is -3.26. The van der Waals surface area contributed by atoms with E-state index in [0.717, 1.165) is 4.90 Å². The molecule has 3 nitrogen and oxygen atoms in total. The van der Waals surface area contributed by atoms with Crippen molar-refractivity contribution in [3.8, 4) is 0 Å². The molecule has 2 rings (SSSR count). The Kier molecular flexibility index (Phi) is 4.96. The predicted octanol–water partition coefficient (Wildman–Crippen LogP) is 3.49. The molecule has 0 bridgehead atoms. The Morgan fingerprint density at radius 2 is 1.60 bits per heavy atom. The lowest BCUT2D eigenvalue weighted by Crippen LogP contribution is -2.08. The fraction of sp³-hybridized carbons (Fsp3) is 0.143. The first-order valence-corrected chi connectivity index (χ1v) is 8.96. The highest BCUT2D eigenvalue weighted by Gasteiger charge is 2.13. The van der Waals surface area contributed by atoms with E-state index in [0.29, 0.717) is 21.4 Å². The molecule has 0 amide bonds. The molecule has 0 heterocycles. The molecule has 0 radical (unpaired) electrons. The van der Waals surface area contributed by atoms with Crippen LogP contribution >= 0.6 is 23.4 Å². The highest BCUT2D eigenvalue weighted by atomic mass is 35.5. The fourth-order valence-corrected chi connectivity index (χ4v) is 4.28. The zero-order valence-corrected chi connectivity index (χ0v) is 13.0. The second kappa shape index (κ2) is 6.52. The zero-order chi connectivity index (χ0) is 14.6. The van der Waals surface area contributed by atoms with Crippen molar-refractivity contribution in [3.05, 3.63) is 53.6 Å². The quantitative estimate of drug-likeness (QED) is 0.674. The molecule has 2 aromatic carbocycles. The molecule has 0 spiro atoms. The number of nitrogen functional groups attached to an aromatic ring is 1. The Labute approximate surface area is 128 Å². The molecule has 0 aliphatic rings. The molecule has 2 N–H and O–H groups in total. The average Bonchev–Trinajstić information content (AvgIpc) is 2.41. The van der Waals surface area contributed by atoms with Gasteiger partial charge in [0, 0.05) is 21.4 Å². The highest BCUT2D eigenvalue weighted by molar-refractivity contribution is 8.00. The first kappa shape index (κ1) is 15.2. The van der Waals surface area contributed by atoms with Crippen LogP contribution in [-0.2, 0) is 9.84 Å². The number of anilines is 1. The summed E-state index contributed by atoms with van der Waals surface area (Å²) in [5.41, 5.74) is 6.29. The van der Waals surface area contributed by atoms with E-state index in [-0.39, 0.29) is 5.75 Å². The number of hydrogen-bond acceptors (Lipinski definition) is 4. The van der Waals surface area contributed by atoms with E-state index in [1.807, 2.05) is 12.1 Å². The number of sulfone groups is 1. The molecule has 0 atom stereocenters. The summed E-state index contributed by atoms with van der Waals surface area (Å²) in [5.74, 6) is 0.582. The first-order chi connectivity index (χ1) is 9.47. The Bertz CT molecular complexity index is 667. The Hall–Kier alpha value is -1.17. The summed E-state index contributed by atoms with van der Waals surface area (Å²) < 4.78 is 24.2. The van der Waals surface area contributed by atoms with Crippen molar-refractivity contribution in [3.63, 3.8) is 0 Å². The molecule has 0 aliphatic carbocycles. The van der Waals surface area contributed by atoms with Crippen LogP contribution in [0.1, 0.15) is 0 Å². The summed E-state index contributed by atoms with van der Waals surface area (Å²) in [6.45, 7) is 0. The lowest BCUT2D eigenvalue weighted by atomic mass is 10.3. The monoisotopic (exact) mass is 327 g/mol. The van der Waals surface area contributed by atoms with Crippen LogP contribution in [0.15, 0.2) is 58.3 Å². The van der Waals surface area contributed by atoms with Gasteiger partial charge in [-0.15, -0.1) is 11.8 Å². The molecule has 106 valence electrons. The fourth-order valence-electron chi connectivity index (χ4n) is 1.59. The smallest absolute Gasteiger partial charge is 0.179 e. The maximum absolute atomic E-state index is 12.1. The van der Waals surface area contributed by atoms with Crippen LogP contribution in [0.5, 0.6) is 0 Å². The molecule has 0 aromatic heterocycles.